The number of aromatic amines is 1. The van der Waals surface area contributed by atoms with E-state index in [0.29, 0.717) is 35.3 Å². The van der Waals surface area contributed by atoms with Gasteiger partial charge in [-0.1, -0.05) is 18.2 Å². The van der Waals surface area contributed by atoms with E-state index in [-0.39, 0.29) is 11.5 Å². The van der Waals surface area contributed by atoms with Crippen LogP contribution in [-0.2, 0) is 6.42 Å². The summed E-state index contributed by atoms with van der Waals surface area (Å²) in [5, 5.41) is 3.26. The number of carbonyl (C=O) groups excluding carboxylic acids is 1. The molecule has 29 heavy (non-hydrogen) atoms. The van der Waals surface area contributed by atoms with E-state index in [9.17, 15) is 18.0 Å². The third-order valence-corrected chi connectivity index (χ3v) is 4.68. The molecule has 0 spiro atoms. The molecule has 2 aromatic heterocycles. The summed E-state index contributed by atoms with van der Waals surface area (Å²) in [6.07, 6.45) is 0.0994. The highest BCUT2D eigenvalue weighted by atomic mass is 19.4. The molecule has 8 heteroatoms. The second-order valence-corrected chi connectivity index (χ2v) is 6.77. The van der Waals surface area contributed by atoms with Gasteiger partial charge in [-0.3, -0.25) is 9.78 Å². The second kappa shape index (κ2) is 7.62. The maximum Gasteiger partial charge on any atom is 0.422 e. The number of H-pyrrole nitrogens is 1. The van der Waals surface area contributed by atoms with Crippen molar-refractivity contribution in [3.8, 4) is 17.0 Å². The van der Waals surface area contributed by atoms with E-state index in [1.165, 1.54) is 12.4 Å². The van der Waals surface area contributed by atoms with Crippen LogP contribution in [0.15, 0.2) is 48.8 Å². The minimum Gasteiger partial charge on any atom is -0.482 e. The number of para-hydroxylation sites is 1. The molecule has 0 aliphatic heterocycles. The SMILES string of the molecule is O=C1CCCc2[nH]c(-c3ccncc3OCC(F)(F)F)c(Nc3ccccc3)c21. The molecule has 0 atom stereocenters. The Morgan fingerprint density at radius 2 is 1.93 bits per heavy atom. The molecule has 3 aromatic rings. The number of pyridine rings is 1. The number of ketones is 1. The Balaban J connectivity index is 1.81. The lowest BCUT2D eigenvalue weighted by molar-refractivity contribution is -0.153. The first kappa shape index (κ1) is 19.0. The number of aromatic nitrogens is 2. The topological polar surface area (TPSA) is 67.0 Å². The zero-order chi connectivity index (χ0) is 20.4. The maximum absolute atomic E-state index is 12.7. The van der Waals surface area contributed by atoms with Crippen molar-refractivity contribution in [1.29, 1.82) is 0 Å². The van der Waals surface area contributed by atoms with Gasteiger partial charge in [-0.2, -0.15) is 13.2 Å². The smallest absolute Gasteiger partial charge is 0.422 e. The Morgan fingerprint density at radius 3 is 2.69 bits per heavy atom. The molecule has 1 aliphatic rings. The summed E-state index contributed by atoms with van der Waals surface area (Å²) < 4.78 is 43.0. The van der Waals surface area contributed by atoms with Gasteiger partial charge in [0.25, 0.3) is 0 Å². The fraction of sp³-hybridized carbons (Fsp3) is 0.238. The normalized spacial score (nSPS) is 13.8. The van der Waals surface area contributed by atoms with Gasteiger partial charge in [-0.15, -0.1) is 0 Å². The lowest BCUT2D eigenvalue weighted by Gasteiger charge is -2.15. The van der Waals surface area contributed by atoms with Gasteiger partial charge >= 0.3 is 6.18 Å². The van der Waals surface area contributed by atoms with E-state index in [2.05, 4.69) is 15.3 Å². The molecule has 0 unspecified atom stereocenters. The van der Waals surface area contributed by atoms with Gasteiger partial charge < -0.3 is 15.0 Å². The number of anilines is 2. The zero-order valence-electron chi connectivity index (χ0n) is 15.3. The number of Topliss-reactive ketones (excluding diaryl/α,β-unsaturated/α-hetero) is 1. The van der Waals surface area contributed by atoms with Crippen LogP contribution in [-0.4, -0.2) is 28.5 Å². The predicted octanol–water partition coefficient (Wildman–Crippen LogP) is 5.28. The average molecular weight is 401 g/mol. The number of ether oxygens (including phenoxy) is 1. The number of benzene rings is 1. The van der Waals surface area contributed by atoms with Crippen molar-refractivity contribution in [2.45, 2.75) is 25.4 Å². The number of nitrogens with zero attached hydrogens (tertiary/aromatic N) is 1. The monoisotopic (exact) mass is 401 g/mol. The number of carbonyl (C=O) groups is 1. The van der Waals surface area contributed by atoms with Gasteiger partial charge in [-0.25, -0.2) is 0 Å². The highest BCUT2D eigenvalue weighted by Crippen LogP contribution is 2.41. The number of alkyl halides is 3. The molecule has 0 amide bonds. The van der Waals surface area contributed by atoms with E-state index >= 15 is 0 Å². The van der Waals surface area contributed by atoms with E-state index in [4.69, 9.17) is 4.74 Å². The van der Waals surface area contributed by atoms with Crippen LogP contribution >= 0.6 is 0 Å². The van der Waals surface area contributed by atoms with E-state index in [1.807, 2.05) is 30.3 Å². The van der Waals surface area contributed by atoms with Crippen LogP contribution in [0.5, 0.6) is 5.75 Å². The Hall–Kier alpha value is -3.29. The molecule has 0 saturated carbocycles. The van der Waals surface area contributed by atoms with Crippen LogP contribution in [0.4, 0.5) is 24.5 Å². The quantitative estimate of drug-likeness (QED) is 0.610. The van der Waals surface area contributed by atoms with E-state index < -0.39 is 12.8 Å². The van der Waals surface area contributed by atoms with Crippen molar-refractivity contribution in [3.63, 3.8) is 0 Å². The van der Waals surface area contributed by atoms with Crippen LogP contribution in [0.3, 0.4) is 0 Å². The third-order valence-electron chi connectivity index (χ3n) is 4.68. The summed E-state index contributed by atoms with van der Waals surface area (Å²) in [6.45, 7) is -1.42. The van der Waals surface area contributed by atoms with Gasteiger partial charge in [-0.05, 0) is 31.0 Å². The number of hydrogen-bond donors (Lipinski definition) is 2. The van der Waals surface area contributed by atoms with Crippen LogP contribution < -0.4 is 10.1 Å². The van der Waals surface area contributed by atoms with Gasteiger partial charge in [0.15, 0.2) is 12.4 Å². The number of fused-ring (bicyclic) bond motifs is 1. The van der Waals surface area contributed by atoms with Gasteiger partial charge in [0.1, 0.15) is 5.75 Å². The Morgan fingerprint density at radius 1 is 1.14 bits per heavy atom. The van der Waals surface area contributed by atoms with E-state index in [1.54, 1.807) is 6.07 Å². The number of halogens is 3. The van der Waals surface area contributed by atoms with Gasteiger partial charge in [0, 0.05) is 29.6 Å². The van der Waals surface area contributed by atoms with Crippen LogP contribution in [0.25, 0.3) is 11.3 Å². The molecule has 0 radical (unpaired) electrons. The Kier molecular flexibility index (Phi) is 5.00. The molecule has 0 bridgehead atoms. The summed E-state index contributed by atoms with van der Waals surface area (Å²) in [4.78, 5) is 19.8. The minimum atomic E-state index is -4.47. The van der Waals surface area contributed by atoms with Crippen LogP contribution in [0, 0.1) is 0 Å². The summed E-state index contributed by atoms with van der Waals surface area (Å²) >= 11 is 0. The standard InChI is InChI=1S/C21H18F3N3O2/c22-21(23,24)12-29-17-11-25-10-9-14(17)19-20(26-13-5-2-1-3-6-13)18-15(27-19)7-4-8-16(18)28/h1-3,5-6,9-11,26-27H,4,7-8,12H2. The molecule has 5 nitrogen and oxygen atoms in total. The average Bonchev–Trinajstić information content (AvgIpc) is 3.06. The Bertz CT molecular complexity index is 1030. The van der Waals surface area contributed by atoms with E-state index in [0.717, 1.165) is 17.8 Å². The minimum absolute atomic E-state index is 0.000929. The first-order valence-electron chi connectivity index (χ1n) is 9.16. The first-order chi connectivity index (χ1) is 13.9. The number of rotatable bonds is 5. The molecule has 1 aromatic carbocycles. The summed E-state index contributed by atoms with van der Waals surface area (Å²) in [6, 6.07) is 10.9. The largest absolute Gasteiger partial charge is 0.482 e. The summed E-state index contributed by atoms with van der Waals surface area (Å²) in [5.41, 5.74) is 3.54. The Labute approximate surface area is 164 Å². The number of nitrogens with one attached hydrogen (secondary N) is 2. The van der Waals surface area contributed by atoms with Crippen molar-refractivity contribution >= 4 is 17.2 Å². The van der Waals surface area contributed by atoms with Crippen molar-refractivity contribution in [3.05, 3.63) is 60.0 Å². The van der Waals surface area contributed by atoms with Crippen LogP contribution in [0.1, 0.15) is 28.9 Å². The molecular weight excluding hydrogens is 383 g/mol. The predicted molar refractivity (Wildman–Crippen MR) is 103 cm³/mol. The maximum atomic E-state index is 12.7. The third kappa shape index (κ3) is 4.11. The number of aryl methyl sites for hydroxylation is 1. The summed E-state index contributed by atoms with van der Waals surface area (Å²) in [5.74, 6) is -0.00835. The fourth-order valence-electron chi connectivity index (χ4n) is 3.45. The molecule has 0 saturated heterocycles. The van der Waals surface area contributed by atoms with Crippen molar-refractivity contribution < 1.29 is 22.7 Å². The molecule has 4 rings (SSSR count). The molecular formula is C21H18F3N3O2. The zero-order valence-corrected chi connectivity index (χ0v) is 15.3. The first-order valence-corrected chi connectivity index (χ1v) is 9.16. The number of hydrogen-bond acceptors (Lipinski definition) is 4. The summed E-state index contributed by atoms with van der Waals surface area (Å²) in [7, 11) is 0. The lowest BCUT2D eigenvalue weighted by atomic mass is 9.95. The van der Waals surface area contributed by atoms with Crippen molar-refractivity contribution in [2.24, 2.45) is 0 Å². The highest BCUT2D eigenvalue weighted by Gasteiger charge is 2.31. The van der Waals surface area contributed by atoms with Crippen molar-refractivity contribution in [2.75, 3.05) is 11.9 Å². The molecule has 2 heterocycles. The van der Waals surface area contributed by atoms with Crippen LogP contribution in [0.2, 0.25) is 0 Å². The fourth-order valence-corrected chi connectivity index (χ4v) is 3.45. The van der Waals surface area contributed by atoms with Gasteiger partial charge in [0.2, 0.25) is 0 Å². The molecule has 1 aliphatic carbocycles. The second-order valence-electron chi connectivity index (χ2n) is 6.77. The highest BCUT2D eigenvalue weighted by molar-refractivity contribution is 6.07. The molecule has 150 valence electrons. The van der Waals surface area contributed by atoms with Crippen molar-refractivity contribution in [1.82, 2.24) is 9.97 Å². The van der Waals surface area contributed by atoms with Gasteiger partial charge in [0.05, 0.1) is 23.1 Å². The molecule has 0 fully saturated rings. The molecule has 2 N–H and O–H groups in total. The lowest BCUT2D eigenvalue weighted by Crippen LogP contribution is -2.19.